The van der Waals surface area contributed by atoms with E-state index >= 15 is 0 Å². The third-order valence-corrected chi connectivity index (χ3v) is 4.76. The lowest BCUT2D eigenvalue weighted by atomic mass is 10.2. The van der Waals surface area contributed by atoms with E-state index in [2.05, 4.69) is 52.8 Å². The molecule has 2 rings (SSSR count). The van der Waals surface area contributed by atoms with Crippen LogP contribution in [0.15, 0.2) is 35.1 Å². The Morgan fingerprint density at radius 3 is 2.35 bits per heavy atom. The van der Waals surface area contributed by atoms with E-state index in [0.29, 0.717) is 18.9 Å². The van der Waals surface area contributed by atoms with E-state index in [1.807, 2.05) is 0 Å². The highest BCUT2D eigenvalue weighted by Gasteiger charge is 2.11. The molecule has 2 aromatic rings. The van der Waals surface area contributed by atoms with Crippen molar-refractivity contribution < 1.29 is 5.11 Å². The van der Waals surface area contributed by atoms with Gasteiger partial charge in [-0.15, -0.1) is 0 Å². The number of halogens is 3. The van der Waals surface area contributed by atoms with Gasteiger partial charge in [-0.2, -0.15) is 0 Å². The van der Waals surface area contributed by atoms with Gasteiger partial charge in [-0.1, -0.05) is 0 Å². The molecular weight excluding hydrogens is 422 g/mol. The molecular formula is C10H4Br3NO3. The summed E-state index contributed by atoms with van der Waals surface area (Å²) in [5.74, 6) is -0.610. The van der Waals surface area contributed by atoms with Gasteiger partial charge in [0.15, 0.2) is 11.2 Å². The van der Waals surface area contributed by atoms with Crippen molar-refractivity contribution in [2.24, 2.45) is 0 Å². The summed E-state index contributed by atoms with van der Waals surface area (Å²) in [5, 5.41) is 9.63. The Labute approximate surface area is 120 Å². The van der Waals surface area contributed by atoms with Gasteiger partial charge >= 0.3 is 0 Å². The average Bonchev–Trinajstić information content (AvgIpc) is 2.34. The van der Waals surface area contributed by atoms with Crippen molar-refractivity contribution in [2.45, 2.75) is 0 Å². The normalized spacial score (nSPS) is 10.8. The summed E-state index contributed by atoms with van der Waals surface area (Å²) in [6, 6.07) is 2.58. The maximum absolute atomic E-state index is 11.9. The third-order valence-electron chi connectivity index (χ3n) is 2.16. The highest BCUT2D eigenvalue weighted by Crippen LogP contribution is 2.33. The number of hydrogen-bond donors (Lipinski definition) is 2. The molecule has 0 aliphatic rings. The molecule has 0 aliphatic carbocycles. The predicted molar refractivity (Wildman–Crippen MR) is 75.6 cm³/mol. The van der Waals surface area contributed by atoms with Crippen LogP contribution >= 0.6 is 47.8 Å². The van der Waals surface area contributed by atoms with Crippen molar-refractivity contribution in [3.8, 4) is 5.75 Å². The first-order chi connectivity index (χ1) is 7.91. The molecule has 1 aromatic carbocycles. The molecule has 2 N–H and O–H groups in total. The fourth-order valence-electron chi connectivity index (χ4n) is 1.39. The summed E-state index contributed by atoms with van der Waals surface area (Å²) in [6.07, 6.45) is 0. The minimum absolute atomic E-state index is 0.289. The zero-order valence-electron chi connectivity index (χ0n) is 8.05. The molecule has 1 heterocycles. The SMILES string of the molecule is O=c1[nH]c2c(Br)c(Br)cc(Br)c2c(=O)cc1O. The molecule has 0 aliphatic heterocycles. The van der Waals surface area contributed by atoms with Gasteiger partial charge in [-0.3, -0.25) is 9.59 Å². The van der Waals surface area contributed by atoms with E-state index in [9.17, 15) is 14.7 Å². The summed E-state index contributed by atoms with van der Waals surface area (Å²) in [6.45, 7) is 0. The number of H-pyrrole nitrogens is 1. The van der Waals surface area contributed by atoms with Crippen LogP contribution in [0.5, 0.6) is 5.75 Å². The van der Waals surface area contributed by atoms with Crippen LogP contribution in [-0.2, 0) is 0 Å². The van der Waals surface area contributed by atoms with Crippen LogP contribution in [0, 0.1) is 0 Å². The highest BCUT2D eigenvalue weighted by molar-refractivity contribution is 9.13. The van der Waals surface area contributed by atoms with Crippen LogP contribution in [0.3, 0.4) is 0 Å². The van der Waals surface area contributed by atoms with Crippen LogP contribution in [-0.4, -0.2) is 10.1 Å². The van der Waals surface area contributed by atoms with E-state index in [1.165, 1.54) is 0 Å². The first kappa shape index (κ1) is 12.8. The summed E-state index contributed by atoms with van der Waals surface area (Å²) in [4.78, 5) is 25.8. The molecule has 7 heteroatoms. The first-order valence-corrected chi connectivity index (χ1v) is 6.73. The average molecular weight is 426 g/mol. The van der Waals surface area contributed by atoms with Crippen LogP contribution < -0.4 is 11.0 Å². The van der Waals surface area contributed by atoms with Gasteiger partial charge in [0, 0.05) is 15.0 Å². The Hall–Kier alpha value is -0.660. The van der Waals surface area contributed by atoms with E-state index in [4.69, 9.17) is 0 Å². The number of aromatic hydroxyl groups is 1. The minimum Gasteiger partial charge on any atom is -0.503 e. The number of aromatic nitrogens is 1. The molecule has 0 saturated heterocycles. The summed E-state index contributed by atoms with van der Waals surface area (Å²) in [7, 11) is 0. The Morgan fingerprint density at radius 2 is 1.71 bits per heavy atom. The van der Waals surface area contributed by atoms with E-state index in [0.717, 1.165) is 6.07 Å². The maximum atomic E-state index is 11.9. The third kappa shape index (κ3) is 2.19. The lowest BCUT2D eigenvalue weighted by Gasteiger charge is -2.01. The number of benzene rings is 1. The lowest BCUT2D eigenvalue weighted by Crippen LogP contribution is -2.00. The van der Waals surface area contributed by atoms with Crippen molar-refractivity contribution in [3.05, 3.63) is 46.1 Å². The van der Waals surface area contributed by atoms with Crippen molar-refractivity contribution in [3.63, 3.8) is 0 Å². The fraction of sp³-hybridized carbons (Fsp3) is 0. The zero-order valence-corrected chi connectivity index (χ0v) is 12.8. The molecule has 1 aromatic heterocycles. The van der Waals surface area contributed by atoms with Crippen LogP contribution in [0.25, 0.3) is 10.9 Å². The molecule has 0 unspecified atom stereocenters. The summed E-state index contributed by atoms with van der Waals surface area (Å²) in [5.41, 5.74) is -0.847. The van der Waals surface area contributed by atoms with Gasteiger partial charge in [0.25, 0.3) is 5.56 Å². The number of rotatable bonds is 0. The van der Waals surface area contributed by atoms with Gasteiger partial charge < -0.3 is 10.1 Å². The lowest BCUT2D eigenvalue weighted by molar-refractivity contribution is 0.468. The standard InChI is InChI=1S/C10H4Br3NO3/c11-3-1-4(12)8(13)9-7(3)5(15)2-6(16)10(17)14-9/h1-2,16H,(H,14,17). The Morgan fingerprint density at radius 1 is 1.06 bits per heavy atom. The summed E-state index contributed by atoms with van der Waals surface area (Å²) >= 11 is 9.81. The molecule has 0 spiro atoms. The van der Waals surface area contributed by atoms with Crippen molar-refractivity contribution in [1.82, 2.24) is 4.98 Å². The van der Waals surface area contributed by atoms with Gasteiger partial charge in [0.05, 0.1) is 15.4 Å². The molecule has 0 saturated carbocycles. The highest BCUT2D eigenvalue weighted by atomic mass is 79.9. The Bertz CT molecular complexity index is 739. The van der Waals surface area contributed by atoms with E-state index in [-0.39, 0.29) is 5.39 Å². The van der Waals surface area contributed by atoms with Crippen LogP contribution in [0.4, 0.5) is 0 Å². The molecule has 17 heavy (non-hydrogen) atoms. The second-order valence-corrected chi connectivity index (χ2v) is 5.75. The van der Waals surface area contributed by atoms with Gasteiger partial charge in [-0.05, 0) is 53.9 Å². The Kier molecular flexibility index (Phi) is 3.42. The molecule has 0 amide bonds. The maximum Gasteiger partial charge on any atom is 0.290 e. The molecule has 0 atom stereocenters. The second kappa shape index (κ2) is 4.55. The molecule has 0 bridgehead atoms. The topological polar surface area (TPSA) is 70.2 Å². The monoisotopic (exact) mass is 423 g/mol. The van der Waals surface area contributed by atoms with Crippen LogP contribution in [0.1, 0.15) is 0 Å². The first-order valence-electron chi connectivity index (χ1n) is 4.35. The zero-order chi connectivity index (χ0) is 12.7. The molecule has 88 valence electrons. The number of aromatic amines is 1. The number of nitrogens with one attached hydrogen (secondary N) is 1. The molecule has 4 nitrogen and oxygen atoms in total. The second-order valence-electron chi connectivity index (χ2n) is 3.25. The number of fused-ring (bicyclic) bond motifs is 1. The van der Waals surface area contributed by atoms with Crippen molar-refractivity contribution in [2.75, 3.05) is 0 Å². The largest absolute Gasteiger partial charge is 0.503 e. The van der Waals surface area contributed by atoms with Crippen molar-refractivity contribution in [1.29, 1.82) is 0 Å². The van der Waals surface area contributed by atoms with Gasteiger partial charge in [-0.25, -0.2) is 0 Å². The fourth-order valence-corrected chi connectivity index (χ4v) is 3.16. The smallest absolute Gasteiger partial charge is 0.290 e. The van der Waals surface area contributed by atoms with Gasteiger partial charge in [0.2, 0.25) is 0 Å². The Balaban J connectivity index is 3.24. The van der Waals surface area contributed by atoms with Crippen molar-refractivity contribution >= 4 is 58.7 Å². The molecule has 0 radical (unpaired) electrons. The van der Waals surface area contributed by atoms with Gasteiger partial charge in [0.1, 0.15) is 0 Å². The van der Waals surface area contributed by atoms with E-state index < -0.39 is 16.7 Å². The van der Waals surface area contributed by atoms with Crippen LogP contribution in [0.2, 0.25) is 0 Å². The minimum atomic E-state index is -0.720. The summed E-state index contributed by atoms with van der Waals surface area (Å²) < 4.78 is 1.75. The predicted octanol–water partition coefficient (Wildman–Crippen LogP) is 2.88. The number of hydrogen-bond acceptors (Lipinski definition) is 3. The quantitative estimate of drug-likeness (QED) is 0.638. The van der Waals surface area contributed by atoms with E-state index in [1.54, 1.807) is 6.07 Å². The molecule has 0 fully saturated rings.